The molecular weight excluding hydrogens is 271 g/mol. The van der Waals surface area contributed by atoms with E-state index in [1.54, 1.807) is 4.47 Å². The van der Waals surface area contributed by atoms with E-state index in [0.29, 0.717) is 15.0 Å². The molecule has 0 aliphatic heterocycles. The average molecular weight is 299 g/mol. The van der Waals surface area contributed by atoms with Crippen LogP contribution in [-0.4, -0.2) is 15.0 Å². The maximum atomic E-state index is 3.27. The summed E-state index contributed by atoms with van der Waals surface area (Å²) in [6, 6.07) is 0. The minimum absolute atomic E-state index is 0.699. The van der Waals surface area contributed by atoms with Gasteiger partial charge in [-0.3, -0.25) is 0 Å². The molecule has 0 aromatic carbocycles. The Balaban J connectivity index is 4.02. The fourth-order valence-electron chi connectivity index (χ4n) is 1.35. The van der Waals surface area contributed by atoms with Gasteiger partial charge in [0.25, 0.3) is 0 Å². The molecule has 0 heterocycles. The van der Waals surface area contributed by atoms with Crippen molar-refractivity contribution in [1.29, 1.82) is 0 Å². The summed E-state index contributed by atoms with van der Waals surface area (Å²) in [7, 11) is 0. The summed E-state index contributed by atoms with van der Waals surface area (Å²) in [6.45, 7) is 6.76. The predicted molar refractivity (Wildman–Crippen MR) is 80.4 cm³/mol. The van der Waals surface area contributed by atoms with Crippen LogP contribution in [0.2, 0.25) is 5.32 Å². The summed E-state index contributed by atoms with van der Waals surface area (Å²) in [5, 5.41) is 1.40. The topological polar surface area (TPSA) is 0 Å². The van der Waals surface area contributed by atoms with E-state index in [-0.39, 0.29) is 0 Å². The van der Waals surface area contributed by atoms with Crippen molar-refractivity contribution in [1.82, 2.24) is 0 Å². The molecule has 1 heteroatoms. The van der Waals surface area contributed by atoms with Gasteiger partial charge < -0.3 is 0 Å². The van der Waals surface area contributed by atoms with E-state index in [1.807, 2.05) is 0 Å². The standard InChI is InChI=1S/C16H28Se/c1-4-7-10-11-12-14-16(13-8-5-2)17-15-9-6-3/h14H,4-10,13,15H2,1-3H3/b16-14-. The molecule has 0 nitrogen and oxygen atoms in total. The first kappa shape index (κ1) is 16.8. The Hall–Kier alpha value is -0.181. The SMILES string of the molecule is CCCCC#C/C=C(/CCCC)[Se]CCCC. The van der Waals surface area contributed by atoms with Crippen molar-refractivity contribution in [3.63, 3.8) is 0 Å². The molecule has 0 spiro atoms. The Kier molecular flexibility index (Phi) is 13.7. The Bertz CT molecular complexity index is 242. The summed E-state index contributed by atoms with van der Waals surface area (Å²) >= 11 is 0.699. The molecule has 0 saturated heterocycles. The van der Waals surface area contributed by atoms with Crippen LogP contribution >= 0.6 is 0 Å². The van der Waals surface area contributed by atoms with E-state index >= 15 is 0 Å². The van der Waals surface area contributed by atoms with Gasteiger partial charge in [0.1, 0.15) is 0 Å². The van der Waals surface area contributed by atoms with Crippen LogP contribution in [0, 0.1) is 11.8 Å². The van der Waals surface area contributed by atoms with Crippen LogP contribution in [0.25, 0.3) is 0 Å². The summed E-state index contributed by atoms with van der Waals surface area (Å²) in [4.78, 5) is 0. The Morgan fingerprint density at radius 1 is 1.00 bits per heavy atom. The molecule has 0 aliphatic carbocycles. The number of unbranched alkanes of at least 4 members (excludes halogenated alkanes) is 4. The summed E-state index contributed by atoms with van der Waals surface area (Å²) in [5.41, 5.74) is 0. The predicted octanol–water partition coefficient (Wildman–Crippen LogP) is 5.18. The second-order valence-electron chi connectivity index (χ2n) is 4.34. The van der Waals surface area contributed by atoms with E-state index in [9.17, 15) is 0 Å². The molecule has 0 atom stereocenters. The number of hydrogen-bond donors (Lipinski definition) is 0. The molecule has 17 heavy (non-hydrogen) atoms. The Morgan fingerprint density at radius 2 is 1.71 bits per heavy atom. The van der Waals surface area contributed by atoms with Crippen molar-refractivity contribution in [2.45, 2.75) is 77.5 Å². The van der Waals surface area contributed by atoms with Gasteiger partial charge in [-0.1, -0.05) is 0 Å². The molecule has 0 aliphatic rings. The van der Waals surface area contributed by atoms with Gasteiger partial charge in [-0.15, -0.1) is 0 Å². The number of rotatable bonds is 9. The van der Waals surface area contributed by atoms with E-state index in [2.05, 4.69) is 38.7 Å². The zero-order valence-corrected chi connectivity index (χ0v) is 13.6. The van der Waals surface area contributed by atoms with Crippen LogP contribution < -0.4 is 0 Å². The normalized spacial score (nSPS) is 11.1. The van der Waals surface area contributed by atoms with Crippen LogP contribution in [0.1, 0.15) is 72.1 Å². The minimum atomic E-state index is 0.699. The average Bonchev–Trinajstić information content (AvgIpc) is 2.35. The molecule has 0 bridgehead atoms. The van der Waals surface area contributed by atoms with Gasteiger partial charge >= 0.3 is 115 Å². The van der Waals surface area contributed by atoms with Crippen molar-refractivity contribution in [2.24, 2.45) is 0 Å². The molecule has 0 N–H and O–H groups in total. The fraction of sp³-hybridized carbons (Fsp3) is 0.750. The van der Waals surface area contributed by atoms with Crippen LogP contribution in [0.15, 0.2) is 10.5 Å². The van der Waals surface area contributed by atoms with E-state index in [1.165, 1.54) is 50.3 Å². The molecule has 0 aromatic rings. The molecule has 0 rings (SSSR count). The van der Waals surface area contributed by atoms with E-state index in [0.717, 1.165) is 6.42 Å². The summed E-state index contributed by atoms with van der Waals surface area (Å²) in [6.07, 6.45) is 12.4. The van der Waals surface area contributed by atoms with Gasteiger partial charge in [-0.05, 0) is 0 Å². The quantitative estimate of drug-likeness (QED) is 0.313. The monoisotopic (exact) mass is 300 g/mol. The van der Waals surface area contributed by atoms with Gasteiger partial charge in [0, 0.05) is 0 Å². The molecular formula is C16H28Se. The van der Waals surface area contributed by atoms with Crippen molar-refractivity contribution >= 4 is 15.0 Å². The maximum absolute atomic E-state index is 3.27. The Labute approximate surface area is 115 Å². The van der Waals surface area contributed by atoms with Crippen molar-refractivity contribution in [3.05, 3.63) is 10.5 Å². The molecule has 0 fully saturated rings. The number of hydrogen-bond acceptors (Lipinski definition) is 0. The van der Waals surface area contributed by atoms with E-state index in [4.69, 9.17) is 0 Å². The van der Waals surface area contributed by atoms with Crippen molar-refractivity contribution < 1.29 is 0 Å². The fourth-order valence-corrected chi connectivity index (χ4v) is 3.72. The van der Waals surface area contributed by atoms with Gasteiger partial charge in [-0.2, -0.15) is 0 Å². The molecule has 0 unspecified atom stereocenters. The first-order valence-corrected chi connectivity index (χ1v) is 9.22. The van der Waals surface area contributed by atoms with Gasteiger partial charge in [0.15, 0.2) is 0 Å². The van der Waals surface area contributed by atoms with Crippen molar-refractivity contribution in [3.8, 4) is 11.8 Å². The first-order valence-electron chi connectivity index (χ1n) is 7.15. The Morgan fingerprint density at radius 3 is 2.35 bits per heavy atom. The third kappa shape index (κ3) is 12.1. The van der Waals surface area contributed by atoms with Gasteiger partial charge in [-0.25, -0.2) is 0 Å². The second-order valence-corrected chi connectivity index (χ2v) is 6.90. The van der Waals surface area contributed by atoms with E-state index < -0.39 is 0 Å². The molecule has 0 amide bonds. The van der Waals surface area contributed by atoms with Crippen LogP contribution in [0.5, 0.6) is 0 Å². The third-order valence-corrected chi connectivity index (χ3v) is 5.04. The molecule has 0 aromatic heterocycles. The molecule has 0 radical (unpaired) electrons. The van der Waals surface area contributed by atoms with Gasteiger partial charge in [0.05, 0.1) is 0 Å². The third-order valence-electron chi connectivity index (χ3n) is 2.55. The van der Waals surface area contributed by atoms with Crippen LogP contribution in [0.3, 0.4) is 0 Å². The summed E-state index contributed by atoms with van der Waals surface area (Å²) < 4.78 is 1.64. The first-order chi connectivity index (χ1) is 8.35. The van der Waals surface area contributed by atoms with Crippen LogP contribution in [0.4, 0.5) is 0 Å². The molecule has 0 saturated carbocycles. The second kappa shape index (κ2) is 13.9. The van der Waals surface area contributed by atoms with Gasteiger partial charge in [0.2, 0.25) is 0 Å². The zero-order valence-electron chi connectivity index (χ0n) is 11.8. The zero-order chi connectivity index (χ0) is 12.8. The summed E-state index contributed by atoms with van der Waals surface area (Å²) in [5.74, 6) is 6.53. The van der Waals surface area contributed by atoms with Crippen LogP contribution in [-0.2, 0) is 0 Å². The number of allylic oxidation sites excluding steroid dienone is 2. The van der Waals surface area contributed by atoms with Crippen molar-refractivity contribution in [2.75, 3.05) is 0 Å². The molecule has 98 valence electrons.